The van der Waals surface area contributed by atoms with Crippen molar-refractivity contribution in [3.8, 4) is 0 Å². The molecule has 1 aromatic carbocycles. The van der Waals surface area contributed by atoms with Gasteiger partial charge < -0.3 is 10.0 Å². The lowest BCUT2D eigenvalue weighted by Crippen LogP contribution is -2.36. The Kier molecular flexibility index (Phi) is 6.02. The lowest BCUT2D eigenvalue weighted by atomic mass is 10.1. The van der Waals surface area contributed by atoms with Gasteiger partial charge in [0.2, 0.25) is 0 Å². The van der Waals surface area contributed by atoms with Gasteiger partial charge in [-0.25, -0.2) is 0 Å². The van der Waals surface area contributed by atoms with Gasteiger partial charge in [-0.05, 0) is 24.1 Å². The number of benzene rings is 1. The minimum absolute atomic E-state index is 0.0353. The van der Waals surface area contributed by atoms with E-state index in [1.807, 2.05) is 19.9 Å². The Labute approximate surface area is 121 Å². The molecule has 0 spiro atoms. The smallest absolute Gasteiger partial charge is 0.305 e. The predicted octanol–water partition coefficient (Wildman–Crippen LogP) is 3.02. The molecule has 0 saturated heterocycles. The second-order valence-electron chi connectivity index (χ2n) is 4.80. The van der Waals surface area contributed by atoms with Gasteiger partial charge in [0, 0.05) is 23.1 Å². The maximum Gasteiger partial charge on any atom is 0.305 e. The summed E-state index contributed by atoms with van der Waals surface area (Å²) in [5, 5.41) is 8.75. The fourth-order valence-corrected chi connectivity index (χ4v) is 2.15. The number of hydrogen-bond donors (Lipinski definition) is 1. The average Bonchev–Trinajstić information content (AvgIpc) is 2.33. The van der Waals surface area contributed by atoms with Crippen LogP contribution in [0, 0.1) is 5.92 Å². The molecule has 19 heavy (non-hydrogen) atoms. The molecule has 0 heterocycles. The lowest BCUT2D eigenvalue weighted by molar-refractivity contribution is -0.137. The van der Waals surface area contributed by atoms with Crippen molar-refractivity contribution >= 4 is 27.8 Å². The van der Waals surface area contributed by atoms with Crippen LogP contribution in [-0.2, 0) is 4.79 Å². The van der Waals surface area contributed by atoms with Crippen molar-refractivity contribution in [1.82, 2.24) is 4.90 Å². The van der Waals surface area contributed by atoms with Crippen LogP contribution in [0.15, 0.2) is 28.7 Å². The molecule has 0 bridgehead atoms. The van der Waals surface area contributed by atoms with Gasteiger partial charge in [-0.3, -0.25) is 9.59 Å². The molecular weight excluding hydrogens is 310 g/mol. The van der Waals surface area contributed by atoms with E-state index in [1.54, 1.807) is 23.1 Å². The molecule has 1 N–H and O–H groups in total. The number of aliphatic carboxylic acids is 1. The maximum atomic E-state index is 12.4. The summed E-state index contributed by atoms with van der Waals surface area (Å²) < 4.78 is 0.834. The Hall–Kier alpha value is -1.36. The van der Waals surface area contributed by atoms with Gasteiger partial charge in [-0.15, -0.1) is 0 Å². The summed E-state index contributed by atoms with van der Waals surface area (Å²) in [5.74, 6) is -0.725. The van der Waals surface area contributed by atoms with Crippen molar-refractivity contribution in [2.45, 2.75) is 20.3 Å². The number of carboxylic acid groups (broad SMARTS) is 1. The molecule has 1 rings (SSSR count). The maximum absolute atomic E-state index is 12.4. The highest BCUT2D eigenvalue weighted by molar-refractivity contribution is 9.10. The van der Waals surface area contributed by atoms with Crippen LogP contribution in [0.1, 0.15) is 30.6 Å². The Morgan fingerprint density at radius 1 is 1.37 bits per heavy atom. The molecule has 0 saturated carbocycles. The molecule has 1 aromatic rings. The zero-order chi connectivity index (χ0) is 14.4. The van der Waals surface area contributed by atoms with Gasteiger partial charge in [0.25, 0.3) is 5.91 Å². The van der Waals surface area contributed by atoms with Gasteiger partial charge in [-0.2, -0.15) is 0 Å². The summed E-state index contributed by atoms with van der Waals surface area (Å²) >= 11 is 3.33. The van der Waals surface area contributed by atoms with E-state index in [2.05, 4.69) is 15.9 Å². The van der Waals surface area contributed by atoms with Gasteiger partial charge >= 0.3 is 5.97 Å². The van der Waals surface area contributed by atoms with Crippen molar-refractivity contribution in [3.63, 3.8) is 0 Å². The van der Waals surface area contributed by atoms with Gasteiger partial charge in [0.15, 0.2) is 0 Å². The topological polar surface area (TPSA) is 57.6 Å². The molecule has 0 aliphatic heterocycles. The van der Waals surface area contributed by atoms with E-state index in [0.717, 1.165) is 4.47 Å². The second kappa shape index (κ2) is 7.28. The molecule has 1 amide bonds. The first kappa shape index (κ1) is 15.7. The molecule has 0 fully saturated rings. The molecular formula is C14H18BrNO3. The van der Waals surface area contributed by atoms with Crippen molar-refractivity contribution < 1.29 is 14.7 Å². The molecule has 0 aliphatic rings. The third-order valence-corrected chi connectivity index (χ3v) is 3.03. The fraction of sp³-hybridized carbons (Fsp3) is 0.429. The van der Waals surface area contributed by atoms with E-state index in [9.17, 15) is 9.59 Å². The normalized spacial score (nSPS) is 10.5. The van der Waals surface area contributed by atoms with Crippen molar-refractivity contribution in [2.75, 3.05) is 13.1 Å². The average molecular weight is 328 g/mol. The van der Waals surface area contributed by atoms with E-state index < -0.39 is 5.97 Å². The highest BCUT2D eigenvalue weighted by Gasteiger charge is 2.17. The number of hydrogen-bond acceptors (Lipinski definition) is 2. The van der Waals surface area contributed by atoms with Crippen LogP contribution in [0.2, 0.25) is 0 Å². The van der Waals surface area contributed by atoms with E-state index in [1.165, 1.54) is 0 Å². The first-order valence-electron chi connectivity index (χ1n) is 6.16. The highest BCUT2D eigenvalue weighted by Crippen LogP contribution is 2.14. The summed E-state index contributed by atoms with van der Waals surface area (Å²) in [6.07, 6.45) is -0.0353. The molecule has 0 radical (unpaired) electrons. The third kappa shape index (κ3) is 5.42. The van der Waals surface area contributed by atoms with Crippen LogP contribution >= 0.6 is 15.9 Å². The summed E-state index contributed by atoms with van der Waals surface area (Å²) in [6.45, 7) is 4.79. The Morgan fingerprint density at radius 2 is 2.05 bits per heavy atom. The Morgan fingerprint density at radius 3 is 2.58 bits per heavy atom. The SMILES string of the molecule is CC(C)CN(CCC(=O)O)C(=O)c1cccc(Br)c1. The van der Waals surface area contributed by atoms with E-state index in [0.29, 0.717) is 18.0 Å². The van der Waals surface area contributed by atoms with Gasteiger partial charge in [0.05, 0.1) is 6.42 Å². The molecule has 0 aromatic heterocycles. The van der Waals surface area contributed by atoms with Crippen LogP contribution in [0.5, 0.6) is 0 Å². The number of nitrogens with zero attached hydrogens (tertiary/aromatic N) is 1. The van der Waals surface area contributed by atoms with Crippen LogP contribution < -0.4 is 0 Å². The number of carbonyl (C=O) groups is 2. The first-order chi connectivity index (χ1) is 8.90. The zero-order valence-corrected chi connectivity index (χ0v) is 12.7. The molecule has 0 aliphatic carbocycles. The van der Waals surface area contributed by atoms with Crippen molar-refractivity contribution in [2.24, 2.45) is 5.92 Å². The van der Waals surface area contributed by atoms with Crippen LogP contribution in [-0.4, -0.2) is 35.0 Å². The largest absolute Gasteiger partial charge is 0.481 e. The van der Waals surface area contributed by atoms with Gasteiger partial charge in [-0.1, -0.05) is 35.8 Å². The highest BCUT2D eigenvalue weighted by atomic mass is 79.9. The van der Waals surface area contributed by atoms with Crippen LogP contribution in [0.25, 0.3) is 0 Å². The van der Waals surface area contributed by atoms with Crippen molar-refractivity contribution in [3.05, 3.63) is 34.3 Å². The molecule has 0 unspecified atom stereocenters. The molecule has 104 valence electrons. The minimum Gasteiger partial charge on any atom is -0.481 e. The zero-order valence-electron chi connectivity index (χ0n) is 11.1. The van der Waals surface area contributed by atoms with Crippen molar-refractivity contribution in [1.29, 1.82) is 0 Å². The number of carbonyl (C=O) groups excluding carboxylic acids is 1. The standard InChI is InChI=1S/C14H18BrNO3/c1-10(2)9-16(7-6-13(17)18)14(19)11-4-3-5-12(15)8-11/h3-5,8,10H,6-7,9H2,1-2H3,(H,17,18). The summed E-state index contributed by atoms with van der Waals surface area (Å²) in [6, 6.07) is 7.13. The monoisotopic (exact) mass is 327 g/mol. The van der Waals surface area contributed by atoms with E-state index in [4.69, 9.17) is 5.11 Å². The quantitative estimate of drug-likeness (QED) is 0.873. The predicted molar refractivity (Wildman–Crippen MR) is 77.1 cm³/mol. The summed E-state index contributed by atoms with van der Waals surface area (Å²) in [4.78, 5) is 24.6. The summed E-state index contributed by atoms with van der Waals surface area (Å²) in [5.41, 5.74) is 0.570. The van der Waals surface area contributed by atoms with E-state index >= 15 is 0 Å². The van der Waals surface area contributed by atoms with Crippen LogP contribution in [0.3, 0.4) is 0 Å². The fourth-order valence-electron chi connectivity index (χ4n) is 1.75. The number of carboxylic acids is 1. The van der Waals surface area contributed by atoms with Crippen LogP contribution in [0.4, 0.5) is 0 Å². The second-order valence-corrected chi connectivity index (χ2v) is 5.71. The summed E-state index contributed by atoms with van der Waals surface area (Å²) in [7, 11) is 0. The van der Waals surface area contributed by atoms with E-state index in [-0.39, 0.29) is 18.9 Å². The molecule has 5 heteroatoms. The first-order valence-corrected chi connectivity index (χ1v) is 6.96. The minimum atomic E-state index is -0.893. The Bertz CT molecular complexity index is 460. The molecule has 4 nitrogen and oxygen atoms in total. The third-order valence-electron chi connectivity index (χ3n) is 2.54. The number of rotatable bonds is 6. The Balaban J connectivity index is 2.83. The number of halogens is 1. The van der Waals surface area contributed by atoms with Gasteiger partial charge in [0.1, 0.15) is 0 Å². The lowest BCUT2D eigenvalue weighted by Gasteiger charge is -2.24. The molecule has 0 atom stereocenters. The number of amides is 1.